The van der Waals surface area contributed by atoms with Crippen molar-refractivity contribution in [2.75, 3.05) is 46.8 Å². The quantitative estimate of drug-likeness (QED) is 0.597. The summed E-state index contributed by atoms with van der Waals surface area (Å²) in [5.74, 6) is 0.745. The maximum absolute atomic E-state index is 3.77. The van der Waals surface area contributed by atoms with Crippen molar-refractivity contribution in [2.45, 2.75) is 59.4 Å². The molecule has 1 atom stereocenters. The Kier molecular flexibility index (Phi) is 8.22. The van der Waals surface area contributed by atoms with E-state index in [0.717, 1.165) is 18.5 Å². The highest BCUT2D eigenvalue weighted by Crippen LogP contribution is 2.27. The van der Waals surface area contributed by atoms with E-state index in [-0.39, 0.29) is 0 Å². The molecule has 0 amide bonds. The summed E-state index contributed by atoms with van der Waals surface area (Å²) in [6.07, 6.45) is 5.38. The molecule has 0 bridgehead atoms. The van der Waals surface area contributed by atoms with E-state index in [0.29, 0.717) is 5.41 Å². The Morgan fingerprint density at radius 2 is 1.86 bits per heavy atom. The van der Waals surface area contributed by atoms with Crippen molar-refractivity contribution in [1.82, 2.24) is 15.1 Å². The van der Waals surface area contributed by atoms with Gasteiger partial charge in [-0.1, -0.05) is 34.1 Å². The van der Waals surface area contributed by atoms with E-state index in [9.17, 15) is 0 Å². The van der Waals surface area contributed by atoms with Crippen LogP contribution in [0.15, 0.2) is 0 Å². The zero-order chi connectivity index (χ0) is 15.9. The van der Waals surface area contributed by atoms with Gasteiger partial charge in [0.25, 0.3) is 0 Å². The van der Waals surface area contributed by atoms with Crippen LogP contribution in [0.5, 0.6) is 0 Å². The summed E-state index contributed by atoms with van der Waals surface area (Å²) in [6, 6.07) is 0.821. The highest BCUT2D eigenvalue weighted by atomic mass is 15.2. The van der Waals surface area contributed by atoms with Crippen LogP contribution in [0.1, 0.15) is 53.4 Å². The van der Waals surface area contributed by atoms with E-state index in [1.807, 2.05) is 0 Å². The van der Waals surface area contributed by atoms with Gasteiger partial charge in [0.1, 0.15) is 0 Å². The fourth-order valence-electron chi connectivity index (χ4n) is 3.14. The summed E-state index contributed by atoms with van der Waals surface area (Å²) in [6.45, 7) is 15.4. The molecule has 0 heterocycles. The lowest BCUT2D eigenvalue weighted by molar-refractivity contribution is 0.129. The van der Waals surface area contributed by atoms with E-state index in [4.69, 9.17) is 0 Å². The topological polar surface area (TPSA) is 18.5 Å². The standard InChI is InChI=1S/C18H39N3/c1-7-10-18(4,14-19-17-8-9-17)15-21(13-16(2)3)12-11-20(5)6/h16-17,19H,7-15H2,1-6H3. The minimum Gasteiger partial charge on any atom is -0.313 e. The Morgan fingerprint density at radius 3 is 2.33 bits per heavy atom. The molecule has 1 rings (SSSR count). The van der Waals surface area contributed by atoms with Gasteiger partial charge in [-0.3, -0.25) is 0 Å². The monoisotopic (exact) mass is 297 g/mol. The van der Waals surface area contributed by atoms with Crippen molar-refractivity contribution in [3.05, 3.63) is 0 Å². The van der Waals surface area contributed by atoms with Gasteiger partial charge in [0.05, 0.1) is 0 Å². The number of hydrogen-bond acceptors (Lipinski definition) is 3. The van der Waals surface area contributed by atoms with E-state index in [2.05, 4.69) is 56.9 Å². The summed E-state index contributed by atoms with van der Waals surface area (Å²) in [4.78, 5) is 4.99. The third-order valence-electron chi connectivity index (χ3n) is 4.34. The second-order valence-electron chi connectivity index (χ2n) is 8.15. The van der Waals surface area contributed by atoms with Crippen LogP contribution in [-0.4, -0.2) is 62.7 Å². The number of hydrogen-bond donors (Lipinski definition) is 1. The molecule has 1 unspecified atom stereocenters. The Bertz CT molecular complexity index is 274. The molecule has 3 nitrogen and oxygen atoms in total. The molecule has 1 aliphatic carbocycles. The number of likely N-dealkylation sites (N-methyl/N-ethyl adjacent to an activating group) is 1. The first-order chi connectivity index (χ1) is 9.84. The van der Waals surface area contributed by atoms with Crippen molar-refractivity contribution in [3.63, 3.8) is 0 Å². The molecule has 21 heavy (non-hydrogen) atoms. The maximum Gasteiger partial charge on any atom is 0.0109 e. The smallest absolute Gasteiger partial charge is 0.0109 e. The highest BCUT2D eigenvalue weighted by Gasteiger charge is 2.30. The molecular formula is C18H39N3. The van der Waals surface area contributed by atoms with Gasteiger partial charge >= 0.3 is 0 Å². The van der Waals surface area contributed by atoms with Crippen LogP contribution in [-0.2, 0) is 0 Å². The molecule has 0 aliphatic heterocycles. The molecule has 0 aromatic heterocycles. The summed E-state index contributed by atoms with van der Waals surface area (Å²) < 4.78 is 0. The minimum absolute atomic E-state index is 0.415. The van der Waals surface area contributed by atoms with Crippen LogP contribution in [0, 0.1) is 11.3 Å². The van der Waals surface area contributed by atoms with E-state index >= 15 is 0 Å². The van der Waals surface area contributed by atoms with Crippen LogP contribution in [0.3, 0.4) is 0 Å². The van der Waals surface area contributed by atoms with Gasteiger partial charge in [0.15, 0.2) is 0 Å². The third-order valence-corrected chi connectivity index (χ3v) is 4.34. The lowest BCUT2D eigenvalue weighted by Crippen LogP contribution is -2.45. The highest BCUT2D eigenvalue weighted by molar-refractivity contribution is 4.87. The summed E-state index contributed by atoms with van der Waals surface area (Å²) in [5.41, 5.74) is 0.415. The summed E-state index contributed by atoms with van der Waals surface area (Å²) in [7, 11) is 4.35. The van der Waals surface area contributed by atoms with Crippen molar-refractivity contribution in [3.8, 4) is 0 Å². The molecule has 3 heteroatoms. The lowest BCUT2D eigenvalue weighted by atomic mass is 9.84. The van der Waals surface area contributed by atoms with Gasteiger partial charge in [-0.2, -0.15) is 0 Å². The molecule has 1 saturated carbocycles. The lowest BCUT2D eigenvalue weighted by Gasteiger charge is -2.37. The van der Waals surface area contributed by atoms with Crippen molar-refractivity contribution >= 4 is 0 Å². The molecular weight excluding hydrogens is 258 g/mol. The number of nitrogens with zero attached hydrogens (tertiary/aromatic N) is 2. The molecule has 0 radical (unpaired) electrons. The first-order valence-corrected chi connectivity index (χ1v) is 8.95. The molecule has 1 N–H and O–H groups in total. The molecule has 0 aromatic carbocycles. The Labute approximate surface area is 133 Å². The van der Waals surface area contributed by atoms with Gasteiger partial charge in [-0.15, -0.1) is 0 Å². The first-order valence-electron chi connectivity index (χ1n) is 8.95. The van der Waals surface area contributed by atoms with Gasteiger partial charge in [-0.05, 0) is 44.7 Å². The summed E-state index contributed by atoms with van der Waals surface area (Å²) in [5, 5.41) is 3.77. The van der Waals surface area contributed by atoms with Gasteiger partial charge < -0.3 is 15.1 Å². The van der Waals surface area contributed by atoms with Crippen LogP contribution >= 0.6 is 0 Å². The maximum atomic E-state index is 3.77. The fraction of sp³-hybridized carbons (Fsp3) is 1.00. The van der Waals surface area contributed by atoms with E-state index in [1.54, 1.807) is 0 Å². The van der Waals surface area contributed by atoms with Crippen LogP contribution in [0.4, 0.5) is 0 Å². The third kappa shape index (κ3) is 8.80. The zero-order valence-electron chi connectivity index (χ0n) is 15.4. The second kappa shape index (κ2) is 9.12. The SMILES string of the molecule is CCCC(C)(CNC1CC1)CN(CCN(C)C)CC(C)C. The van der Waals surface area contributed by atoms with Gasteiger partial charge in [0, 0.05) is 38.8 Å². The zero-order valence-corrected chi connectivity index (χ0v) is 15.4. The molecule has 0 saturated heterocycles. The van der Waals surface area contributed by atoms with E-state index < -0.39 is 0 Å². The van der Waals surface area contributed by atoms with Crippen molar-refractivity contribution < 1.29 is 0 Å². The van der Waals surface area contributed by atoms with E-state index in [1.165, 1.54) is 51.9 Å². The number of nitrogens with one attached hydrogen (secondary N) is 1. The van der Waals surface area contributed by atoms with Gasteiger partial charge in [-0.25, -0.2) is 0 Å². The molecule has 126 valence electrons. The predicted octanol–water partition coefficient (Wildman–Crippen LogP) is 3.06. The van der Waals surface area contributed by atoms with Crippen LogP contribution in [0.25, 0.3) is 0 Å². The molecule has 0 spiro atoms. The van der Waals surface area contributed by atoms with Crippen LogP contribution in [0.2, 0.25) is 0 Å². The first kappa shape index (κ1) is 18.9. The predicted molar refractivity (Wildman–Crippen MR) is 93.9 cm³/mol. The molecule has 1 fully saturated rings. The van der Waals surface area contributed by atoms with Gasteiger partial charge in [0.2, 0.25) is 0 Å². The Balaban J connectivity index is 2.54. The fourth-order valence-corrected chi connectivity index (χ4v) is 3.14. The Morgan fingerprint density at radius 1 is 1.19 bits per heavy atom. The normalized spacial score (nSPS) is 18.7. The minimum atomic E-state index is 0.415. The summed E-state index contributed by atoms with van der Waals surface area (Å²) >= 11 is 0. The number of rotatable bonds is 12. The molecule has 0 aromatic rings. The largest absolute Gasteiger partial charge is 0.313 e. The van der Waals surface area contributed by atoms with Crippen LogP contribution < -0.4 is 5.32 Å². The molecule has 1 aliphatic rings. The Hall–Kier alpha value is -0.120. The average Bonchev–Trinajstić information content (AvgIpc) is 3.17. The average molecular weight is 298 g/mol. The van der Waals surface area contributed by atoms with Crippen molar-refractivity contribution in [2.24, 2.45) is 11.3 Å². The second-order valence-corrected chi connectivity index (χ2v) is 8.15. The van der Waals surface area contributed by atoms with Crippen molar-refractivity contribution in [1.29, 1.82) is 0 Å².